The highest BCUT2D eigenvalue weighted by Gasteiger charge is 2.36. The summed E-state index contributed by atoms with van der Waals surface area (Å²) in [7, 11) is 0. The quantitative estimate of drug-likeness (QED) is 0.499. The Morgan fingerprint density at radius 1 is 1.00 bits per heavy atom. The third kappa shape index (κ3) is 2.97. The minimum absolute atomic E-state index is 0.381. The topological polar surface area (TPSA) is 47.3 Å². The smallest absolute Gasteiger partial charge is 0.147 e. The van der Waals surface area contributed by atoms with Gasteiger partial charge in [-0.15, -0.1) is 0 Å². The lowest BCUT2D eigenvalue weighted by Crippen LogP contribution is -2.05. The molecule has 3 aromatic rings. The molecule has 4 nitrogen and oxygen atoms in total. The van der Waals surface area contributed by atoms with Crippen LogP contribution in [0.5, 0.6) is 5.75 Å². The van der Waals surface area contributed by atoms with Gasteiger partial charge in [-0.3, -0.25) is 0 Å². The molecule has 2 bridgehead atoms. The number of hydrogen-bond donors (Lipinski definition) is 1. The predicted molar refractivity (Wildman–Crippen MR) is 113 cm³/mol. The van der Waals surface area contributed by atoms with E-state index in [4.69, 9.17) is 32.5 Å². The lowest BCUT2D eigenvalue weighted by Gasteiger charge is -2.15. The molecule has 1 N–H and O–H groups in total. The summed E-state index contributed by atoms with van der Waals surface area (Å²) >= 11 is 12.9. The van der Waals surface area contributed by atoms with E-state index in [-0.39, 0.29) is 0 Å². The molecule has 6 heteroatoms. The van der Waals surface area contributed by atoms with Gasteiger partial charge >= 0.3 is 0 Å². The zero-order valence-electron chi connectivity index (χ0n) is 15.8. The number of ether oxygens (including phenoxy) is 1. The SMILES string of the molecule is Clc1cccc(Cl)c1-c1noc(C2CC2)c1COc1ccc2c(c1)C1CCC2N1. The van der Waals surface area contributed by atoms with Crippen molar-refractivity contribution in [1.29, 1.82) is 0 Å². The van der Waals surface area contributed by atoms with Gasteiger partial charge in [0.25, 0.3) is 0 Å². The average molecular weight is 427 g/mol. The molecule has 2 aliphatic heterocycles. The van der Waals surface area contributed by atoms with Crippen molar-refractivity contribution in [2.75, 3.05) is 0 Å². The second-order valence-corrected chi connectivity index (χ2v) is 8.99. The maximum Gasteiger partial charge on any atom is 0.147 e. The van der Waals surface area contributed by atoms with Crippen molar-refractivity contribution >= 4 is 23.2 Å². The number of rotatable bonds is 5. The van der Waals surface area contributed by atoms with E-state index < -0.39 is 0 Å². The van der Waals surface area contributed by atoms with E-state index in [1.165, 1.54) is 24.0 Å². The monoisotopic (exact) mass is 426 g/mol. The zero-order valence-corrected chi connectivity index (χ0v) is 17.3. The van der Waals surface area contributed by atoms with Gasteiger partial charge in [0.1, 0.15) is 23.8 Å². The largest absolute Gasteiger partial charge is 0.489 e. The van der Waals surface area contributed by atoms with Crippen LogP contribution in [0.25, 0.3) is 11.3 Å². The van der Waals surface area contributed by atoms with Crippen LogP contribution >= 0.6 is 23.2 Å². The third-order valence-electron chi connectivity index (χ3n) is 6.30. The van der Waals surface area contributed by atoms with Crippen LogP contribution in [0.4, 0.5) is 0 Å². The fourth-order valence-electron chi connectivity index (χ4n) is 4.70. The average Bonchev–Trinajstić information content (AvgIpc) is 3.17. The summed E-state index contributed by atoms with van der Waals surface area (Å²) in [5.41, 5.74) is 5.13. The number of nitrogens with one attached hydrogen (secondary N) is 1. The molecule has 0 amide bonds. The fraction of sp³-hybridized carbons (Fsp3) is 0.348. The molecule has 1 aromatic heterocycles. The molecule has 6 rings (SSSR count). The Hall–Kier alpha value is -2.01. The van der Waals surface area contributed by atoms with E-state index >= 15 is 0 Å². The molecule has 1 saturated carbocycles. The van der Waals surface area contributed by atoms with Crippen molar-refractivity contribution in [3.63, 3.8) is 0 Å². The van der Waals surface area contributed by atoms with E-state index in [2.05, 4.69) is 28.7 Å². The van der Waals surface area contributed by atoms with Crippen LogP contribution in [0.3, 0.4) is 0 Å². The Kier molecular flexibility index (Phi) is 4.15. The first-order valence-electron chi connectivity index (χ1n) is 10.1. The molecule has 3 aliphatic rings. The molecule has 1 aliphatic carbocycles. The Labute approximate surface area is 179 Å². The number of aromatic nitrogens is 1. The van der Waals surface area contributed by atoms with Crippen LogP contribution in [0.1, 0.15) is 66.1 Å². The summed E-state index contributed by atoms with van der Waals surface area (Å²) in [6.45, 7) is 0.381. The molecule has 2 fully saturated rings. The van der Waals surface area contributed by atoms with E-state index in [1.54, 1.807) is 0 Å². The Balaban J connectivity index is 1.33. The molecule has 2 aromatic carbocycles. The first-order chi connectivity index (χ1) is 14.2. The molecule has 148 valence electrons. The number of hydrogen-bond acceptors (Lipinski definition) is 4. The van der Waals surface area contributed by atoms with E-state index in [0.717, 1.165) is 29.9 Å². The standard InChI is InChI=1S/C23H20Cl2N2O2/c24-17-2-1-3-18(25)21(17)22-16(23(29-27-22)12-4-5-12)11-28-13-6-7-14-15(10-13)20-9-8-19(14)26-20/h1-3,6-7,10,12,19-20,26H,4-5,8-9,11H2. The molecule has 0 radical (unpaired) electrons. The van der Waals surface area contributed by atoms with Crippen molar-refractivity contribution in [2.24, 2.45) is 0 Å². The van der Waals surface area contributed by atoms with Crippen LogP contribution in [-0.4, -0.2) is 5.16 Å². The molecular formula is C23H20Cl2N2O2. The Morgan fingerprint density at radius 2 is 1.76 bits per heavy atom. The first kappa shape index (κ1) is 17.8. The summed E-state index contributed by atoms with van der Waals surface area (Å²) in [5.74, 6) is 2.19. The lowest BCUT2D eigenvalue weighted by molar-refractivity contribution is 0.300. The van der Waals surface area contributed by atoms with Crippen molar-refractivity contribution in [2.45, 2.75) is 50.3 Å². The van der Waals surface area contributed by atoms with Gasteiger partial charge in [0.2, 0.25) is 0 Å². The highest BCUT2D eigenvalue weighted by Crippen LogP contribution is 2.47. The molecule has 29 heavy (non-hydrogen) atoms. The molecule has 1 saturated heterocycles. The van der Waals surface area contributed by atoms with Gasteiger partial charge in [0.05, 0.1) is 15.6 Å². The molecular weight excluding hydrogens is 407 g/mol. The number of benzene rings is 2. The van der Waals surface area contributed by atoms with Crippen LogP contribution in [0, 0.1) is 0 Å². The predicted octanol–water partition coefficient (Wildman–Crippen LogP) is 6.58. The second-order valence-electron chi connectivity index (χ2n) is 8.17. The molecule has 2 unspecified atom stereocenters. The molecule has 0 spiro atoms. The number of halogens is 2. The van der Waals surface area contributed by atoms with Gasteiger partial charge in [0.15, 0.2) is 0 Å². The first-order valence-corrected chi connectivity index (χ1v) is 10.9. The maximum atomic E-state index is 6.44. The summed E-state index contributed by atoms with van der Waals surface area (Å²) < 4.78 is 12.0. The Bertz CT molecular complexity index is 1090. The number of nitrogens with zero attached hydrogens (tertiary/aromatic N) is 1. The van der Waals surface area contributed by atoms with E-state index in [0.29, 0.717) is 45.9 Å². The zero-order chi connectivity index (χ0) is 19.5. The number of fused-ring (bicyclic) bond motifs is 5. The minimum Gasteiger partial charge on any atom is -0.489 e. The van der Waals surface area contributed by atoms with Gasteiger partial charge in [-0.1, -0.05) is 40.5 Å². The van der Waals surface area contributed by atoms with Crippen LogP contribution < -0.4 is 10.1 Å². The summed E-state index contributed by atoms with van der Waals surface area (Å²) in [4.78, 5) is 0. The van der Waals surface area contributed by atoms with Crippen LogP contribution in [-0.2, 0) is 6.61 Å². The summed E-state index contributed by atoms with van der Waals surface area (Å²) in [5, 5.41) is 9.12. The highest BCUT2D eigenvalue weighted by molar-refractivity contribution is 6.39. The second kappa shape index (κ2) is 6.76. The van der Waals surface area contributed by atoms with Gasteiger partial charge in [-0.25, -0.2) is 0 Å². The normalized spacial score (nSPS) is 22.1. The van der Waals surface area contributed by atoms with Gasteiger partial charge in [-0.05, 0) is 61.1 Å². The van der Waals surface area contributed by atoms with Crippen molar-refractivity contribution in [3.8, 4) is 17.0 Å². The van der Waals surface area contributed by atoms with Crippen LogP contribution in [0.2, 0.25) is 10.0 Å². The van der Waals surface area contributed by atoms with Crippen LogP contribution in [0.15, 0.2) is 40.9 Å². The molecule has 3 heterocycles. The van der Waals surface area contributed by atoms with Gasteiger partial charge in [-0.2, -0.15) is 0 Å². The third-order valence-corrected chi connectivity index (χ3v) is 6.93. The molecule has 2 atom stereocenters. The van der Waals surface area contributed by atoms with Crippen molar-refractivity contribution in [1.82, 2.24) is 10.5 Å². The Morgan fingerprint density at radius 3 is 2.52 bits per heavy atom. The van der Waals surface area contributed by atoms with E-state index in [9.17, 15) is 0 Å². The lowest BCUT2D eigenvalue weighted by atomic mass is 9.92. The van der Waals surface area contributed by atoms with Crippen molar-refractivity contribution < 1.29 is 9.26 Å². The maximum absolute atomic E-state index is 6.44. The van der Waals surface area contributed by atoms with Gasteiger partial charge < -0.3 is 14.6 Å². The summed E-state index contributed by atoms with van der Waals surface area (Å²) in [6.07, 6.45) is 4.66. The van der Waals surface area contributed by atoms with E-state index in [1.807, 2.05) is 18.2 Å². The van der Waals surface area contributed by atoms with Gasteiger partial charge in [0, 0.05) is 23.6 Å². The fourth-order valence-corrected chi connectivity index (χ4v) is 5.28. The van der Waals surface area contributed by atoms with Crippen molar-refractivity contribution in [3.05, 3.63) is 68.9 Å². The summed E-state index contributed by atoms with van der Waals surface area (Å²) in [6, 6.07) is 12.9. The minimum atomic E-state index is 0.381. The highest BCUT2D eigenvalue weighted by atomic mass is 35.5.